The molecule has 0 aromatic heterocycles. The van der Waals surface area contributed by atoms with E-state index in [0.717, 1.165) is 6.92 Å². The fourth-order valence-electron chi connectivity index (χ4n) is 1.91. The van der Waals surface area contributed by atoms with Crippen LogP contribution in [-0.2, 0) is 23.8 Å². The number of rotatable bonds is 4. The lowest BCUT2D eigenvalue weighted by Gasteiger charge is -2.39. The normalized spacial score (nSPS) is 31.4. The topological polar surface area (TPSA) is 155 Å². The summed E-state index contributed by atoms with van der Waals surface area (Å²) < 4.78 is 15.0. The number of hydrogen-bond donors (Lipinski definition) is 1. The Labute approximate surface area is 119 Å². The van der Waals surface area contributed by atoms with Crippen molar-refractivity contribution in [3.05, 3.63) is 10.4 Å². The van der Waals surface area contributed by atoms with Gasteiger partial charge in [-0.15, -0.1) is 0 Å². The van der Waals surface area contributed by atoms with Gasteiger partial charge in [0.05, 0.1) is 6.07 Å². The molecule has 0 radical (unpaired) electrons. The Hall–Kier alpha value is -2.34. The number of esters is 2. The van der Waals surface area contributed by atoms with Crippen molar-refractivity contribution in [3.8, 4) is 6.07 Å². The minimum absolute atomic E-state index is 0.310. The highest BCUT2D eigenvalue weighted by molar-refractivity contribution is 5.66. The van der Waals surface area contributed by atoms with Gasteiger partial charge in [-0.25, -0.2) is 0 Å². The fourth-order valence-corrected chi connectivity index (χ4v) is 1.91. The highest BCUT2D eigenvalue weighted by atomic mass is 16.6. The SMILES string of the molecule is CC(=O)OC[C@H]1O[C@@H](C#N)[C@H](O)C(N=[N+]=[N-])[C@H]1OC(C)=O. The van der Waals surface area contributed by atoms with Gasteiger partial charge in [-0.05, 0) is 5.53 Å². The van der Waals surface area contributed by atoms with E-state index in [1.807, 2.05) is 0 Å². The summed E-state index contributed by atoms with van der Waals surface area (Å²) in [4.78, 5) is 24.6. The number of ether oxygens (including phenoxy) is 3. The third-order valence-electron chi connectivity index (χ3n) is 2.75. The minimum atomic E-state index is -1.47. The van der Waals surface area contributed by atoms with Crippen LogP contribution in [0.5, 0.6) is 0 Å². The number of aliphatic hydroxyl groups excluding tert-OH is 1. The summed E-state index contributed by atoms with van der Waals surface area (Å²) >= 11 is 0. The lowest BCUT2D eigenvalue weighted by Crippen LogP contribution is -2.58. The molecule has 0 amide bonds. The molecule has 0 aromatic rings. The van der Waals surface area contributed by atoms with Crippen molar-refractivity contribution in [3.63, 3.8) is 0 Å². The summed E-state index contributed by atoms with van der Waals surface area (Å²) in [5.41, 5.74) is 8.55. The molecule has 1 aliphatic rings. The van der Waals surface area contributed by atoms with Gasteiger partial charge in [0.2, 0.25) is 0 Å². The van der Waals surface area contributed by atoms with Gasteiger partial charge in [0.25, 0.3) is 0 Å². The van der Waals surface area contributed by atoms with E-state index >= 15 is 0 Å². The zero-order chi connectivity index (χ0) is 16.0. The van der Waals surface area contributed by atoms with Gasteiger partial charge in [0, 0.05) is 18.8 Å². The van der Waals surface area contributed by atoms with Crippen molar-refractivity contribution in [1.82, 2.24) is 0 Å². The molecule has 10 nitrogen and oxygen atoms in total. The Kier molecular flexibility index (Phi) is 5.92. The van der Waals surface area contributed by atoms with E-state index in [0.29, 0.717) is 0 Å². The van der Waals surface area contributed by atoms with Crippen LogP contribution in [0.2, 0.25) is 0 Å². The van der Waals surface area contributed by atoms with Crippen LogP contribution in [0.1, 0.15) is 13.8 Å². The van der Waals surface area contributed by atoms with E-state index in [1.165, 1.54) is 6.92 Å². The first-order valence-corrected chi connectivity index (χ1v) is 5.98. The molecule has 1 unspecified atom stereocenters. The van der Waals surface area contributed by atoms with Crippen LogP contribution in [0.25, 0.3) is 10.4 Å². The average Bonchev–Trinajstić information content (AvgIpc) is 2.41. The molecule has 5 atom stereocenters. The Morgan fingerprint density at radius 1 is 1.48 bits per heavy atom. The molecule has 1 N–H and O–H groups in total. The monoisotopic (exact) mass is 298 g/mol. The highest BCUT2D eigenvalue weighted by Crippen LogP contribution is 2.26. The number of hydrogen-bond acceptors (Lipinski definition) is 8. The number of nitriles is 1. The lowest BCUT2D eigenvalue weighted by molar-refractivity contribution is -0.198. The molecule has 1 saturated heterocycles. The van der Waals surface area contributed by atoms with Gasteiger partial charge >= 0.3 is 11.9 Å². The van der Waals surface area contributed by atoms with Crippen LogP contribution in [0.4, 0.5) is 0 Å². The van der Waals surface area contributed by atoms with E-state index in [4.69, 9.17) is 25.0 Å². The van der Waals surface area contributed by atoms with E-state index in [2.05, 4.69) is 10.0 Å². The molecule has 1 heterocycles. The number of nitrogens with zero attached hydrogens (tertiary/aromatic N) is 4. The van der Waals surface area contributed by atoms with Crippen molar-refractivity contribution >= 4 is 11.9 Å². The Morgan fingerprint density at radius 2 is 2.14 bits per heavy atom. The van der Waals surface area contributed by atoms with Gasteiger partial charge < -0.3 is 19.3 Å². The molecule has 21 heavy (non-hydrogen) atoms. The van der Waals surface area contributed by atoms with E-state index in [1.54, 1.807) is 6.07 Å². The van der Waals surface area contributed by atoms with Crippen LogP contribution in [0.3, 0.4) is 0 Å². The van der Waals surface area contributed by atoms with Gasteiger partial charge in [0.15, 0.2) is 6.10 Å². The number of carbonyl (C=O) groups is 2. The van der Waals surface area contributed by atoms with Gasteiger partial charge in [-0.2, -0.15) is 5.26 Å². The van der Waals surface area contributed by atoms with Crippen molar-refractivity contribution in [2.75, 3.05) is 6.61 Å². The predicted molar refractivity (Wildman–Crippen MR) is 65.4 cm³/mol. The first kappa shape index (κ1) is 16.7. The zero-order valence-electron chi connectivity index (χ0n) is 11.4. The standard InChI is InChI=1S/C11H14N4O6/c1-5(16)19-4-8-11(20-6(2)17)9(14-15-13)10(18)7(3-12)21-8/h7-11,18H,4H2,1-2H3/t7-,8+,9?,10-,11-/m0/s1. The molecule has 0 aromatic carbocycles. The highest BCUT2D eigenvalue weighted by Gasteiger charge is 2.47. The molecule has 0 aliphatic carbocycles. The molecule has 1 fully saturated rings. The average molecular weight is 298 g/mol. The van der Waals surface area contributed by atoms with Gasteiger partial charge in [-0.3, -0.25) is 9.59 Å². The first-order chi connectivity index (χ1) is 9.90. The summed E-state index contributed by atoms with van der Waals surface area (Å²) in [6.07, 6.45) is -4.96. The molecule has 1 rings (SSSR count). The van der Waals surface area contributed by atoms with Crippen LogP contribution >= 0.6 is 0 Å². The first-order valence-electron chi connectivity index (χ1n) is 5.98. The second kappa shape index (κ2) is 7.44. The maximum absolute atomic E-state index is 11.1. The molecule has 0 spiro atoms. The van der Waals surface area contributed by atoms with Crippen LogP contribution < -0.4 is 0 Å². The molecular formula is C11H14N4O6. The smallest absolute Gasteiger partial charge is 0.303 e. The second-order valence-electron chi connectivity index (χ2n) is 4.29. The maximum atomic E-state index is 11.1. The quantitative estimate of drug-likeness (QED) is 0.326. The maximum Gasteiger partial charge on any atom is 0.303 e. The molecular weight excluding hydrogens is 284 g/mol. The summed E-state index contributed by atoms with van der Waals surface area (Å²) in [6.45, 7) is 1.99. The fraction of sp³-hybridized carbons (Fsp3) is 0.727. The number of carbonyl (C=O) groups excluding carboxylic acids is 2. The predicted octanol–water partition coefficient (Wildman–Crippen LogP) is -0.188. The summed E-state index contributed by atoms with van der Waals surface area (Å²) in [7, 11) is 0. The van der Waals surface area contributed by atoms with E-state index in [9.17, 15) is 14.7 Å². The molecule has 1 aliphatic heterocycles. The number of azide groups is 1. The molecule has 0 saturated carbocycles. The molecule has 10 heteroatoms. The second-order valence-corrected chi connectivity index (χ2v) is 4.29. The van der Waals surface area contributed by atoms with Gasteiger partial charge in [0.1, 0.15) is 31.0 Å². The van der Waals surface area contributed by atoms with E-state index in [-0.39, 0.29) is 6.61 Å². The van der Waals surface area contributed by atoms with Crippen LogP contribution in [0.15, 0.2) is 5.11 Å². The lowest BCUT2D eigenvalue weighted by atomic mass is 9.93. The number of aliphatic hydroxyl groups is 1. The molecule has 0 bridgehead atoms. The minimum Gasteiger partial charge on any atom is -0.463 e. The van der Waals surface area contributed by atoms with Crippen molar-refractivity contribution in [2.45, 2.75) is 44.3 Å². The third-order valence-corrected chi connectivity index (χ3v) is 2.75. The molecule has 114 valence electrons. The Morgan fingerprint density at radius 3 is 2.62 bits per heavy atom. The Bertz CT molecular complexity index is 497. The van der Waals surface area contributed by atoms with Crippen molar-refractivity contribution < 1.29 is 28.9 Å². The summed E-state index contributed by atoms with van der Waals surface area (Å²) in [5.74, 6) is -1.29. The van der Waals surface area contributed by atoms with Crippen LogP contribution in [-0.4, -0.2) is 54.1 Å². The summed E-state index contributed by atoms with van der Waals surface area (Å²) in [5, 5.41) is 22.2. The largest absolute Gasteiger partial charge is 0.463 e. The van der Waals surface area contributed by atoms with Crippen LogP contribution in [0, 0.1) is 11.3 Å². The van der Waals surface area contributed by atoms with Crippen molar-refractivity contribution in [2.24, 2.45) is 5.11 Å². The van der Waals surface area contributed by atoms with Gasteiger partial charge in [-0.1, -0.05) is 5.11 Å². The zero-order valence-corrected chi connectivity index (χ0v) is 11.4. The third kappa shape index (κ3) is 4.32. The summed E-state index contributed by atoms with van der Waals surface area (Å²) in [6, 6.07) is 0.473. The van der Waals surface area contributed by atoms with E-state index < -0.39 is 42.4 Å². The van der Waals surface area contributed by atoms with Crippen molar-refractivity contribution in [1.29, 1.82) is 5.26 Å². The Balaban J connectivity index is 3.04.